The van der Waals surface area contributed by atoms with E-state index < -0.39 is 5.97 Å². The van der Waals surface area contributed by atoms with Crippen molar-refractivity contribution < 1.29 is 9.90 Å². The summed E-state index contributed by atoms with van der Waals surface area (Å²) in [6.07, 6.45) is 2.40. The Hall–Kier alpha value is -2.46. The smallest absolute Gasteiger partial charge is 0.335 e. The standard InChI is InChI=1S/C24H25NO2S/c1-23(2)11-12-24(3,4)19-13-17(9-10-18(19)23)20-14-28-21(25-20)15-5-7-16(8-6-15)22(26)27/h5-10,13-14H,11-12H2,1-4H3,(H,26,27). The van der Waals surface area contributed by atoms with Crippen LogP contribution in [-0.2, 0) is 10.8 Å². The Morgan fingerprint density at radius 1 is 0.929 bits per heavy atom. The minimum Gasteiger partial charge on any atom is -0.478 e. The van der Waals surface area contributed by atoms with E-state index in [2.05, 4.69) is 51.3 Å². The summed E-state index contributed by atoms with van der Waals surface area (Å²) in [6.45, 7) is 9.34. The van der Waals surface area contributed by atoms with Crippen LogP contribution in [0.2, 0.25) is 0 Å². The van der Waals surface area contributed by atoms with E-state index in [4.69, 9.17) is 10.1 Å². The van der Waals surface area contributed by atoms with Crippen LogP contribution in [-0.4, -0.2) is 16.1 Å². The second-order valence-electron chi connectivity index (χ2n) is 8.95. The van der Waals surface area contributed by atoms with Crippen molar-refractivity contribution in [1.29, 1.82) is 0 Å². The molecule has 4 rings (SSSR count). The van der Waals surface area contributed by atoms with Crippen LogP contribution < -0.4 is 0 Å². The van der Waals surface area contributed by atoms with Crippen molar-refractivity contribution in [2.24, 2.45) is 0 Å². The number of carboxylic acid groups (broad SMARTS) is 1. The third-order valence-electron chi connectivity index (χ3n) is 6.03. The lowest BCUT2D eigenvalue weighted by atomic mass is 9.63. The van der Waals surface area contributed by atoms with Crippen molar-refractivity contribution in [3.8, 4) is 21.8 Å². The number of aromatic carboxylic acids is 1. The molecule has 3 nitrogen and oxygen atoms in total. The number of aromatic nitrogens is 1. The zero-order valence-corrected chi connectivity index (χ0v) is 17.6. The van der Waals surface area contributed by atoms with Gasteiger partial charge in [-0.05, 0) is 53.0 Å². The number of carboxylic acids is 1. The molecule has 2 aromatic carbocycles. The van der Waals surface area contributed by atoms with E-state index >= 15 is 0 Å². The summed E-state index contributed by atoms with van der Waals surface area (Å²) in [5, 5.41) is 12.1. The second kappa shape index (κ2) is 6.56. The highest BCUT2D eigenvalue weighted by atomic mass is 32.1. The quantitative estimate of drug-likeness (QED) is 0.552. The van der Waals surface area contributed by atoms with Gasteiger partial charge in [-0.2, -0.15) is 0 Å². The van der Waals surface area contributed by atoms with Gasteiger partial charge in [0.1, 0.15) is 5.01 Å². The lowest BCUT2D eigenvalue weighted by molar-refractivity contribution is 0.0697. The molecule has 0 amide bonds. The van der Waals surface area contributed by atoms with Crippen LogP contribution >= 0.6 is 11.3 Å². The van der Waals surface area contributed by atoms with Gasteiger partial charge in [-0.15, -0.1) is 11.3 Å². The number of thiazole rings is 1. The van der Waals surface area contributed by atoms with E-state index in [0.717, 1.165) is 21.8 Å². The molecule has 144 valence electrons. The Morgan fingerprint density at radius 2 is 1.54 bits per heavy atom. The molecule has 0 saturated heterocycles. The van der Waals surface area contributed by atoms with Crippen molar-refractivity contribution in [3.05, 3.63) is 64.5 Å². The summed E-state index contributed by atoms with van der Waals surface area (Å²) in [5.74, 6) is -0.911. The molecule has 0 unspecified atom stereocenters. The van der Waals surface area contributed by atoms with Crippen LogP contribution in [0.5, 0.6) is 0 Å². The van der Waals surface area contributed by atoms with Gasteiger partial charge >= 0.3 is 5.97 Å². The van der Waals surface area contributed by atoms with Crippen LogP contribution in [0.1, 0.15) is 62.0 Å². The molecule has 0 saturated carbocycles. The maximum atomic E-state index is 11.0. The molecule has 4 heteroatoms. The fourth-order valence-corrected chi connectivity index (χ4v) is 4.88. The monoisotopic (exact) mass is 391 g/mol. The van der Waals surface area contributed by atoms with Gasteiger partial charge in [0, 0.05) is 16.5 Å². The lowest BCUT2D eigenvalue weighted by Gasteiger charge is -2.42. The molecule has 0 radical (unpaired) electrons. The van der Waals surface area contributed by atoms with Gasteiger partial charge in [0.15, 0.2) is 0 Å². The first-order chi connectivity index (χ1) is 13.2. The largest absolute Gasteiger partial charge is 0.478 e. The number of nitrogens with zero attached hydrogens (tertiary/aromatic N) is 1. The highest BCUT2D eigenvalue weighted by molar-refractivity contribution is 7.13. The number of hydrogen-bond donors (Lipinski definition) is 1. The molecule has 1 aliphatic rings. The summed E-state index contributed by atoms with van der Waals surface area (Å²) in [7, 11) is 0. The highest BCUT2D eigenvalue weighted by Gasteiger charge is 2.37. The Morgan fingerprint density at radius 3 is 2.18 bits per heavy atom. The second-order valence-corrected chi connectivity index (χ2v) is 9.81. The molecule has 0 spiro atoms. The van der Waals surface area contributed by atoms with Crippen LogP contribution in [0.25, 0.3) is 21.8 Å². The van der Waals surface area contributed by atoms with Crippen LogP contribution in [0.15, 0.2) is 47.8 Å². The number of carbonyl (C=O) groups is 1. The van der Waals surface area contributed by atoms with E-state index in [0.29, 0.717) is 5.56 Å². The maximum Gasteiger partial charge on any atom is 0.335 e. The van der Waals surface area contributed by atoms with E-state index in [9.17, 15) is 4.79 Å². The average Bonchev–Trinajstić information content (AvgIpc) is 3.15. The first-order valence-corrected chi connectivity index (χ1v) is 10.5. The Balaban J connectivity index is 1.71. The summed E-state index contributed by atoms with van der Waals surface area (Å²) >= 11 is 1.59. The highest BCUT2D eigenvalue weighted by Crippen LogP contribution is 2.46. The van der Waals surface area contributed by atoms with Crippen LogP contribution in [0, 0.1) is 0 Å². The van der Waals surface area contributed by atoms with Gasteiger partial charge in [-0.3, -0.25) is 0 Å². The molecule has 0 aliphatic heterocycles. The maximum absolute atomic E-state index is 11.0. The van der Waals surface area contributed by atoms with E-state index in [1.807, 2.05) is 12.1 Å². The fraction of sp³-hybridized carbons (Fsp3) is 0.333. The van der Waals surface area contributed by atoms with Crippen molar-refractivity contribution in [3.63, 3.8) is 0 Å². The molecule has 1 aliphatic carbocycles. The third kappa shape index (κ3) is 3.26. The molecule has 1 aromatic heterocycles. The predicted molar refractivity (Wildman–Crippen MR) is 115 cm³/mol. The average molecular weight is 392 g/mol. The molecule has 28 heavy (non-hydrogen) atoms. The molecule has 0 bridgehead atoms. The molecule has 1 heterocycles. The van der Waals surface area contributed by atoms with E-state index in [1.165, 1.54) is 24.0 Å². The molecular formula is C24H25NO2S. The van der Waals surface area contributed by atoms with Gasteiger partial charge in [0.2, 0.25) is 0 Å². The van der Waals surface area contributed by atoms with Gasteiger partial charge in [0.25, 0.3) is 0 Å². The minimum atomic E-state index is -0.911. The van der Waals surface area contributed by atoms with Gasteiger partial charge < -0.3 is 5.11 Å². The van der Waals surface area contributed by atoms with Crippen LogP contribution in [0.4, 0.5) is 0 Å². The summed E-state index contributed by atoms with van der Waals surface area (Å²) < 4.78 is 0. The SMILES string of the molecule is CC1(C)CCC(C)(C)c2cc(-c3csc(-c4ccc(C(=O)O)cc4)n3)ccc21. The minimum absolute atomic E-state index is 0.173. The van der Waals surface area contributed by atoms with Gasteiger partial charge in [-0.25, -0.2) is 9.78 Å². The molecule has 0 atom stereocenters. The molecule has 0 fully saturated rings. The van der Waals surface area contributed by atoms with Gasteiger partial charge in [-0.1, -0.05) is 52.0 Å². The first kappa shape index (κ1) is 18.9. The Kier molecular flexibility index (Phi) is 4.42. The van der Waals surface area contributed by atoms with Crippen molar-refractivity contribution >= 4 is 17.3 Å². The molecule has 1 N–H and O–H groups in total. The number of benzene rings is 2. The molecular weight excluding hydrogens is 366 g/mol. The van der Waals surface area contributed by atoms with Crippen molar-refractivity contribution in [1.82, 2.24) is 4.98 Å². The summed E-state index contributed by atoms with van der Waals surface area (Å²) in [6, 6.07) is 13.7. The zero-order valence-electron chi connectivity index (χ0n) is 16.7. The zero-order chi connectivity index (χ0) is 20.1. The summed E-state index contributed by atoms with van der Waals surface area (Å²) in [4.78, 5) is 15.9. The van der Waals surface area contributed by atoms with Crippen molar-refractivity contribution in [2.45, 2.75) is 51.4 Å². The Labute approximate surface area is 170 Å². The number of fused-ring (bicyclic) bond motifs is 1. The third-order valence-corrected chi connectivity index (χ3v) is 6.92. The van der Waals surface area contributed by atoms with E-state index in [1.54, 1.807) is 23.5 Å². The van der Waals surface area contributed by atoms with Gasteiger partial charge in [0.05, 0.1) is 11.3 Å². The fourth-order valence-electron chi connectivity index (χ4n) is 4.04. The lowest BCUT2D eigenvalue weighted by Crippen LogP contribution is -2.33. The summed E-state index contributed by atoms with van der Waals surface area (Å²) in [5.41, 5.74) is 6.63. The predicted octanol–water partition coefficient (Wildman–Crippen LogP) is 6.52. The molecule has 3 aromatic rings. The topological polar surface area (TPSA) is 50.2 Å². The normalized spacial score (nSPS) is 17.1. The number of hydrogen-bond acceptors (Lipinski definition) is 3. The van der Waals surface area contributed by atoms with E-state index in [-0.39, 0.29) is 10.8 Å². The first-order valence-electron chi connectivity index (χ1n) is 9.62. The van der Waals surface area contributed by atoms with Crippen molar-refractivity contribution in [2.75, 3.05) is 0 Å². The number of rotatable bonds is 3. The Bertz CT molecular complexity index is 1040. The van der Waals surface area contributed by atoms with Crippen LogP contribution in [0.3, 0.4) is 0 Å².